The van der Waals surface area contributed by atoms with Gasteiger partial charge in [-0.2, -0.15) is 8.42 Å². The Labute approximate surface area is 228 Å². The minimum Gasteiger partial charge on any atom is -0.459 e. The van der Waals surface area contributed by atoms with Gasteiger partial charge in [0.1, 0.15) is 31.0 Å². The van der Waals surface area contributed by atoms with Crippen LogP contribution in [0.2, 0.25) is 0 Å². The molecule has 39 heavy (non-hydrogen) atoms. The van der Waals surface area contributed by atoms with Crippen LogP contribution in [0.3, 0.4) is 0 Å². The summed E-state index contributed by atoms with van der Waals surface area (Å²) in [6, 6.07) is 27.4. The Hall–Kier alpha value is -3.12. The number of benzene rings is 3. The van der Waals surface area contributed by atoms with E-state index in [4.69, 9.17) is 27.9 Å². The molecule has 208 valence electrons. The largest absolute Gasteiger partial charge is 0.459 e. The standard InChI is InChI=1S/C29H32O9S/c1-33-29-27(35-19-22-14-8-4-9-15-22)26(34-18-21-12-6-3-7-13-21)25(37-29)24(38-39(2,31)32)20-36-28(30)23-16-10-5-11-17-23/h3-17,24-27,29H,18-20H2,1-2H3/t24-,25-,26-,27?,29-/m1/s1. The van der Waals surface area contributed by atoms with E-state index in [0.29, 0.717) is 5.56 Å². The van der Waals surface area contributed by atoms with Crippen molar-refractivity contribution in [3.63, 3.8) is 0 Å². The highest BCUT2D eigenvalue weighted by molar-refractivity contribution is 7.86. The van der Waals surface area contributed by atoms with Crippen LogP contribution in [0.25, 0.3) is 0 Å². The molecule has 0 radical (unpaired) electrons. The quantitative estimate of drug-likeness (QED) is 0.230. The van der Waals surface area contributed by atoms with Crippen LogP contribution in [0.1, 0.15) is 21.5 Å². The molecule has 1 heterocycles. The number of ether oxygens (including phenoxy) is 5. The van der Waals surface area contributed by atoms with E-state index in [1.165, 1.54) is 7.11 Å². The van der Waals surface area contributed by atoms with Crippen LogP contribution in [-0.4, -0.2) is 65.1 Å². The zero-order valence-electron chi connectivity index (χ0n) is 21.8. The lowest BCUT2D eigenvalue weighted by Crippen LogP contribution is -2.46. The Kier molecular flexibility index (Phi) is 10.2. The van der Waals surface area contributed by atoms with Gasteiger partial charge in [-0.05, 0) is 23.3 Å². The van der Waals surface area contributed by atoms with Gasteiger partial charge >= 0.3 is 5.97 Å². The third-order valence-corrected chi connectivity index (χ3v) is 6.66. The van der Waals surface area contributed by atoms with E-state index in [-0.39, 0.29) is 13.2 Å². The van der Waals surface area contributed by atoms with Gasteiger partial charge in [0.05, 0.1) is 25.0 Å². The number of methoxy groups -OCH3 is 1. The fourth-order valence-corrected chi connectivity index (χ4v) is 4.87. The molecule has 9 nitrogen and oxygen atoms in total. The number of carbonyl (C=O) groups is 1. The predicted octanol–water partition coefficient (Wildman–Crippen LogP) is 3.73. The van der Waals surface area contributed by atoms with Crippen molar-refractivity contribution < 1.29 is 41.1 Å². The van der Waals surface area contributed by atoms with Gasteiger partial charge in [-0.25, -0.2) is 4.79 Å². The first-order valence-electron chi connectivity index (χ1n) is 12.4. The van der Waals surface area contributed by atoms with E-state index in [1.54, 1.807) is 30.3 Å². The molecule has 10 heteroatoms. The van der Waals surface area contributed by atoms with Gasteiger partial charge in [0, 0.05) is 7.11 Å². The summed E-state index contributed by atoms with van der Waals surface area (Å²) in [6.45, 7) is 0.0358. The molecule has 0 spiro atoms. The van der Waals surface area contributed by atoms with Gasteiger partial charge in [0.2, 0.25) is 0 Å². The molecule has 0 aliphatic carbocycles. The van der Waals surface area contributed by atoms with Crippen LogP contribution in [0.5, 0.6) is 0 Å². The van der Waals surface area contributed by atoms with Crippen molar-refractivity contribution in [1.29, 1.82) is 0 Å². The molecule has 0 saturated carbocycles. The maximum Gasteiger partial charge on any atom is 0.338 e. The summed E-state index contributed by atoms with van der Waals surface area (Å²) in [5.74, 6) is -0.627. The highest BCUT2D eigenvalue weighted by Crippen LogP contribution is 2.32. The average Bonchev–Trinajstić information content (AvgIpc) is 3.31. The SMILES string of the molecule is CO[C@@H]1O[C@H]([C@@H](COC(=O)c2ccccc2)OS(C)(=O)=O)[C@@H](OCc2ccccc2)C1OCc1ccccc1. The average molecular weight is 557 g/mol. The molecule has 0 bridgehead atoms. The van der Waals surface area contributed by atoms with E-state index >= 15 is 0 Å². The highest BCUT2D eigenvalue weighted by Gasteiger charge is 2.51. The van der Waals surface area contributed by atoms with Crippen molar-refractivity contribution in [2.75, 3.05) is 20.0 Å². The molecular formula is C29H32O9S. The maximum absolute atomic E-state index is 12.6. The topological polar surface area (TPSA) is 107 Å². The van der Waals surface area contributed by atoms with Crippen molar-refractivity contribution in [3.8, 4) is 0 Å². The third-order valence-electron chi connectivity index (χ3n) is 6.06. The highest BCUT2D eigenvalue weighted by atomic mass is 32.2. The Balaban J connectivity index is 1.57. The third kappa shape index (κ3) is 8.43. The van der Waals surface area contributed by atoms with Gasteiger partial charge in [-0.1, -0.05) is 78.9 Å². The van der Waals surface area contributed by atoms with Crippen LogP contribution >= 0.6 is 0 Å². The van der Waals surface area contributed by atoms with Crippen molar-refractivity contribution in [2.45, 2.75) is 43.9 Å². The minimum atomic E-state index is -3.97. The van der Waals surface area contributed by atoms with Crippen LogP contribution in [0.15, 0.2) is 91.0 Å². The van der Waals surface area contributed by atoms with Gasteiger partial charge in [-0.15, -0.1) is 0 Å². The Morgan fingerprint density at radius 2 is 1.33 bits per heavy atom. The molecule has 4 rings (SSSR count). The normalized spacial score (nSPS) is 21.9. The van der Waals surface area contributed by atoms with Crippen LogP contribution in [0.4, 0.5) is 0 Å². The number of esters is 1. The maximum atomic E-state index is 12.6. The first-order chi connectivity index (χ1) is 18.8. The molecule has 1 aliphatic heterocycles. The lowest BCUT2D eigenvalue weighted by Gasteiger charge is -2.28. The molecule has 5 atom stereocenters. The second kappa shape index (κ2) is 13.8. The van der Waals surface area contributed by atoms with E-state index in [2.05, 4.69) is 0 Å². The molecule has 1 unspecified atom stereocenters. The van der Waals surface area contributed by atoms with Crippen LogP contribution in [-0.2, 0) is 51.2 Å². The summed E-state index contributed by atoms with van der Waals surface area (Å²) in [5.41, 5.74) is 2.15. The van der Waals surface area contributed by atoms with Crippen molar-refractivity contribution >= 4 is 16.1 Å². The lowest BCUT2D eigenvalue weighted by atomic mass is 10.1. The first-order valence-corrected chi connectivity index (χ1v) is 14.3. The summed E-state index contributed by atoms with van der Waals surface area (Å²) in [4.78, 5) is 12.6. The number of carbonyl (C=O) groups excluding carboxylic acids is 1. The van der Waals surface area contributed by atoms with Gasteiger partial charge in [0.15, 0.2) is 6.29 Å². The van der Waals surface area contributed by atoms with Gasteiger partial charge in [-0.3, -0.25) is 4.18 Å². The number of hydrogen-bond acceptors (Lipinski definition) is 9. The molecular weight excluding hydrogens is 524 g/mol. The zero-order chi connectivity index (χ0) is 27.7. The first kappa shape index (κ1) is 28.9. The second-order valence-corrected chi connectivity index (χ2v) is 10.6. The second-order valence-electron chi connectivity index (χ2n) is 9.03. The Morgan fingerprint density at radius 3 is 1.85 bits per heavy atom. The summed E-state index contributed by atoms with van der Waals surface area (Å²) >= 11 is 0. The molecule has 0 amide bonds. The van der Waals surface area contributed by atoms with Gasteiger partial charge in [0.25, 0.3) is 10.1 Å². The molecule has 1 aliphatic rings. The van der Waals surface area contributed by atoms with E-state index < -0.39 is 53.4 Å². The molecule has 0 aromatic heterocycles. The fourth-order valence-electron chi connectivity index (χ4n) is 4.25. The summed E-state index contributed by atoms with van der Waals surface area (Å²) in [5, 5.41) is 0. The molecule has 1 saturated heterocycles. The lowest BCUT2D eigenvalue weighted by molar-refractivity contribution is -0.175. The zero-order valence-corrected chi connectivity index (χ0v) is 22.6. The molecule has 0 N–H and O–H groups in total. The van der Waals surface area contributed by atoms with Crippen LogP contribution in [0, 0.1) is 0 Å². The summed E-state index contributed by atoms with van der Waals surface area (Å²) < 4.78 is 59.4. The Morgan fingerprint density at radius 1 is 0.821 bits per heavy atom. The molecule has 3 aromatic rings. The van der Waals surface area contributed by atoms with Crippen LogP contribution < -0.4 is 0 Å². The van der Waals surface area contributed by atoms with Crippen molar-refractivity contribution in [2.24, 2.45) is 0 Å². The molecule has 1 fully saturated rings. The number of hydrogen-bond donors (Lipinski definition) is 0. The van der Waals surface area contributed by atoms with Crippen molar-refractivity contribution in [3.05, 3.63) is 108 Å². The van der Waals surface area contributed by atoms with E-state index in [1.807, 2.05) is 60.7 Å². The minimum absolute atomic E-state index is 0.197. The smallest absolute Gasteiger partial charge is 0.338 e. The van der Waals surface area contributed by atoms with E-state index in [0.717, 1.165) is 17.4 Å². The van der Waals surface area contributed by atoms with Gasteiger partial charge < -0.3 is 23.7 Å². The summed E-state index contributed by atoms with van der Waals surface area (Å²) in [7, 11) is -2.51. The fraction of sp³-hybridized carbons (Fsp3) is 0.345. The predicted molar refractivity (Wildman–Crippen MR) is 142 cm³/mol. The number of rotatable bonds is 13. The summed E-state index contributed by atoms with van der Waals surface area (Å²) in [6.07, 6.45) is -3.75. The monoisotopic (exact) mass is 556 g/mol. The molecule has 3 aromatic carbocycles. The van der Waals surface area contributed by atoms with E-state index in [9.17, 15) is 13.2 Å². The van der Waals surface area contributed by atoms with Crippen molar-refractivity contribution in [1.82, 2.24) is 0 Å². The Bertz CT molecular complexity index is 1270.